The molecule has 0 spiro atoms. The second-order valence-electron chi connectivity index (χ2n) is 5.16. The van der Waals surface area contributed by atoms with Crippen LogP contribution < -0.4 is 5.73 Å². The van der Waals surface area contributed by atoms with Crippen LogP contribution in [0.2, 0.25) is 0 Å². The third-order valence-electron chi connectivity index (χ3n) is 3.66. The Kier molecular flexibility index (Phi) is 4.77. The summed E-state index contributed by atoms with van der Waals surface area (Å²) in [6, 6.07) is 15.6. The number of rotatable bonds is 3. The van der Waals surface area contributed by atoms with E-state index in [0.29, 0.717) is 42.1 Å². The largest absolute Gasteiger partial charge is 0.389 e. The summed E-state index contributed by atoms with van der Waals surface area (Å²) >= 11 is 2.27. The van der Waals surface area contributed by atoms with Crippen LogP contribution in [-0.4, -0.2) is 0 Å². The lowest BCUT2D eigenvalue weighted by Gasteiger charge is -2.00. The zero-order chi connectivity index (χ0) is 18.7. The van der Waals surface area contributed by atoms with Crippen molar-refractivity contribution in [2.24, 2.45) is 10.2 Å². The van der Waals surface area contributed by atoms with Gasteiger partial charge in [-0.05, 0) is 18.1 Å². The van der Waals surface area contributed by atoms with Gasteiger partial charge >= 0.3 is 0 Å². The third-order valence-corrected chi connectivity index (χ3v) is 5.65. The summed E-state index contributed by atoms with van der Waals surface area (Å²) in [6.07, 6.45) is 0. The van der Waals surface area contributed by atoms with Gasteiger partial charge in [0.1, 0.15) is 33.1 Å². The lowest BCUT2D eigenvalue weighted by atomic mass is 10.0. The Morgan fingerprint density at radius 3 is 2.15 bits per heavy atom. The molecule has 6 nitrogen and oxygen atoms in total. The van der Waals surface area contributed by atoms with Crippen LogP contribution >= 0.6 is 22.7 Å². The van der Waals surface area contributed by atoms with E-state index < -0.39 is 0 Å². The van der Waals surface area contributed by atoms with Crippen molar-refractivity contribution in [1.29, 1.82) is 15.8 Å². The summed E-state index contributed by atoms with van der Waals surface area (Å²) in [5.74, 6) is 0. The number of thiophene rings is 2. The molecule has 3 aromatic rings. The fraction of sp³-hybridized carbons (Fsp3) is 0.0556. The SMILES string of the molecule is Cc1c(C#N)sc(/N=N/c2sc(N)c(C#N)c2-c2ccccc2)c1C#N. The summed E-state index contributed by atoms with van der Waals surface area (Å²) in [5, 5.41) is 37.5. The zero-order valence-electron chi connectivity index (χ0n) is 13.5. The molecule has 0 aliphatic carbocycles. The molecule has 2 aromatic heterocycles. The molecule has 8 heteroatoms. The maximum Gasteiger partial charge on any atom is 0.158 e. The van der Waals surface area contributed by atoms with Crippen LogP contribution in [-0.2, 0) is 0 Å². The minimum absolute atomic E-state index is 0.335. The predicted molar refractivity (Wildman–Crippen MR) is 102 cm³/mol. The van der Waals surface area contributed by atoms with Crippen molar-refractivity contribution in [2.45, 2.75) is 6.92 Å². The molecule has 3 rings (SSSR count). The molecule has 0 radical (unpaired) electrons. The standard InChI is InChI=1S/C18H10N6S2/c1-10-12(7-19)17(25-14(10)9-21)23-24-18-15(11-5-3-2-4-6-11)13(8-20)16(22)26-18/h2-6H,22H2,1H3/b24-23+. The first-order valence-electron chi connectivity index (χ1n) is 7.33. The number of nitrogens with zero attached hydrogens (tertiary/aromatic N) is 5. The first-order valence-corrected chi connectivity index (χ1v) is 8.97. The third kappa shape index (κ3) is 2.94. The predicted octanol–water partition coefficient (Wildman–Crippen LogP) is 5.40. The Balaban J connectivity index is 2.13. The number of azo groups is 1. The molecule has 2 heterocycles. The van der Waals surface area contributed by atoms with E-state index in [4.69, 9.17) is 11.0 Å². The highest BCUT2D eigenvalue weighted by atomic mass is 32.1. The van der Waals surface area contributed by atoms with Gasteiger partial charge in [-0.1, -0.05) is 41.7 Å². The van der Waals surface area contributed by atoms with Crippen molar-refractivity contribution in [3.8, 4) is 29.3 Å². The summed E-state index contributed by atoms with van der Waals surface area (Å²) in [4.78, 5) is 0.433. The average molecular weight is 374 g/mol. The van der Waals surface area contributed by atoms with E-state index in [1.54, 1.807) is 6.92 Å². The number of anilines is 1. The zero-order valence-corrected chi connectivity index (χ0v) is 15.1. The van der Waals surface area contributed by atoms with Crippen LogP contribution in [0.4, 0.5) is 15.0 Å². The molecule has 0 saturated heterocycles. The molecule has 0 fully saturated rings. The molecule has 124 valence electrons. The van der Waals surface area contributed by atoms with Gasteiger partial charge in [-0.15, -0.1) is 21.6 Å². The van der Waals surface area contributed by atoms with E-state index >= 15 is 0 Å². The molecule has 0 aliphatic rings. The molecule has 0 saturated carbocycles. The molecule has 0 bridgehead atoms. The van der Waals surface area contributed by atoms with Crippen molar-refractivity contribution in [3.05, 3.63) is 51.9 Å². The van der Waals surface area contributed by atoms with E-state index in [1.807, 2.05) is 30.3 Å². The first-order chi connectivity index (χ1) is 12.6. The maximum atomic E-state index is 9.44. The van der Waals surface area contributed by atoms with Crippen LogP contribution in [0.1, 0.15) is 21.6 Å². The van der Waals surface area contributed by atoms with Crippen LogP contribution in [0.25, 0.3) is 11.1 Å². The van der Waals surface area contributed by atoms with E-state index in [2.05, 4.69) is 28.4 Å². The van der Waals surface area contributed by atoms with Gasteiger partial charge in [0, 0.05) is 5.56 Å². The second kappa shape index (κ2) is 7.16. The number of benzene rings is 1. The molecule has 2 N–H and O–H groups in total. The van der Waals surface area contributed by atoms with Gasteiger partial charge in [0.15, 0.2) is 5.00 Å². The molecule has 0 amide bonds. The number of nitrogens with two attached hydrogens (primary N) is 1. The number of hydrogen-bond acceptors (Lipinski definition) is 8. The van der Waals surface area contributed by atoms with E-state index in [9.17, 15) is 10.5 Å². The number of nitriles is 3. The Hall–Kier alpha value is -3.51. The average Bonchev–Trinajstić information content (AvgIpc) is 3.15. The van der Waals surface area contributed by atoms with Gasteiger partial charge in [0.2, 0.25) is 0 Å². The highest BCUT2D eigenvalue weighted by Gasteiger charge is 2.19. The van der Waals surface area contributed by atoms with Crippen LogP contribution in [0.5, 0.6) is 0 Å². The van der Waals surface area contributed by atoms with E-state index in [1.165, 1.54) is 0 Å². The molecule has 1 aromatic carbocycles. The van der Waals surface area contributed by atoms with Gasteiger partial charge in [-0.2, -0.15) is 15.8 Å². The van der Waals surface area contributed by atoms with Gasteiger partial charge in [0.05, 0.1) is 11.1 Å². The summed E-state index contributed by atoms with van der Waals surface area (Å²) in [6.45, 7) is 1.71. The molecule has 0 unspecified atom stereocenters. The van der Waals surface area contributed by atoms with Crippen molar-refractivity contribution in [3.63, 3.8) is 0 Å². The highest BCUT2D eigenvalue weighted by Crippen LogP contribution is 2.45. The molecule has 26 heavy (non-hydrogen) atoms. The summed E-state index contributed by atoms with van der Waals surface area (Å²) < 4.78 is 0. The Bertz CT molecular complexity index is 1130. The Labute approximate surface area is 157 Å². The van der Waals surface area contributed by atoms with Crippen LogP contribution in [0.15, 0.2) is 40.6 Å². The fourth-order valence-corrected chi connectivity index (χ4v) is 4.13. The second-order valence-corrected chi connectivity index (χ2v) is 7.19. The van der Waals surface area contributed by atoms with Crippen LogP contribution in [0, 0.1) is 40.9 Å². The van der Waals surface area contributed by atoms with Crippen molar-refractivity contribution in [1.82, 2.24) is 0 Å². The topological polar surface area (TPSA) is 122 Å². The van der Waals surface area contributed by atoms with Gasteiger partial charge < -0.3 is 5.73 Å². The minimum Gasteiger partial charge on any atom is -0.389 e. The smallest absolute Gasteiger partial charge is 0.158 e. The van der Waals surface area contributed by atoms with Crippen molar-refractivity contribution < 1.29 is 0 Å². The maximum absolute atomic E-state index is 9.44. The fourth-order valence-electron chi connectivity index (χ4n) is 2.39. The Morgan fingerprint density at radius 2 is 1.54 bits per heavy atom. The number of hydrogen-bond donors (Lipinski definition) is 1. The summed E-state index contributed by atoms with van der Waals surface area (Å²) in [7, 11) is 0. The highest BCUT2D eigenvalue weighted by molar-refractivity contribution is 7.20. The van der Waals surface area contributed by atoms with E-state index in [0.717, 1.165) is 28.2 Å². The lowest BCUT2D eigenvalue weighted by molar-refractivity contribution is 1.27. The van der Waals surface area contributed by atoms with Gasteiger partial charge in [-0.3, -0.25) is 0 Å². The molecule has 0 aliphatic heterocycles. The van der Waals surface area contributed by atoms with Gasteiger partial charge in [0.25, 0.3) is 0 Å². The quantitative estimate of drug-likeness (QED) is 0.617. The number of nitrogen functional groups attached to an aromatic ring is 1. The Morgan fingerprint density at radius 1 is 0.885 bits per heavy atom. The molecular weight excluding hydrogens is 364 g/mol. The molecule has 0 atom stereocenters. The minimum atomic E-state index is 0.335. The van der Waals surface area contributed by atoms with Crippen molar-refractivity contribution >= 4 is 37.7 Å². The first kappa shape index (κ1) is 17.3. The van der Waals surface area contributed by atoms with E-state index in [-0.39, 0.29) is 0 Å². The monoisotopic (exact) mass is 374 g/mol. The van der Waals surface area contributed by atoms with Gasteiger partial charge in [-0.25, -0.2) is 0 Å². The molecular formula is C18H10N6S2. The lowest BCUT2D eigenvalue weighted by Crippen LogP contribution is -1.85. The summed E-state index contributed by atoms with van der Waals surface area (Å²) in [5.41, 5.74) is 8.69. The van der Waals surface area contributed by atoms with Crippen molar-refractivity contribution in [2.75, 3.05) is 5.73 Å². The normalized spacial score (nSPS) is 10.4. The van der Waals surface area contributed by atoms with Crippen LogP contribution in [0.3, 0.4) is 0 Å².